The van der Waals surface area contributed by atoms with Gasteiger partial charge in [-0.05, 0) is 42.3 Å². The number of anilines is 1. The van der Waals surface area contributed by atoms with Crippen molar-refractivity contribution in [2.75, 3.05) is 5.32 Å². The zero-order chi connectivity index (χ0) is 20.8. The molecular weight excluding hydrogens is 391 g/mol. The van der Waals surface area contributed by atoms with Crippen LogP contribution in [0.5, 0.6) is 0 Å². The zero-order valence-electron chi connectivity index (χ0n) is 15.8. The van der Waals surface area contributed by atoms with Crippen molar-refractivity contribution in [3.05, 3.63) is 100 Å². The van der Waals surface area contributed by atoms with E-state index in [-0.39, 0.29) is 29.0 Å². The standard InChI is InChI=1S/C23H20ClFN2O2/c1-15(16-7-3-2-4-8-16)26-23(29)19-9-5-6-10-21(19)27-22(28)13-17-11-12-18(24)14-20(17)25/h2-12,14-15H,13H2,1H3,(H,26,29)(H,27,28)/t15-/m1/s1. The second-order valence-corrected chi connectivity index (χ2v) is 7.05. The van der Waals surface area contributed by atoms with Crippen molar-refractivity contribution in [3.63, 3.8) is 0 Å². The maximum absolute atomic E-state index is 13.9. The first kappa shape index (κ1) is 20.6. The molecule has 2 amide bonds. The van der Waals surface area contributed by atoms with Gasteiger partial charge in [0.2, 0.25) is 5.91 Å². The third-order valence-corrected chi connectivity index (χ3v) is 4.69. The predicted octanol–water partition coefficient (Wildman–Crippen LogP) is 5.15. The van der Waals surface area contributed by atoms with Crippen molar-refractivity contribution >= 4 is 29.1 Å². The number of rotatable bonds is 6. The van der Waals surface area contributed by atoms with E-state index in [0.29, 0.717) is 11.3 Å². The molecular formula is C23H20ClFN2O2. The Hall–Kier alpha value is -3.18. The number of nitrogens with one attached hydrogen (secondary N) is 2. The molecule has 148 valence electrons. The summed E-state index contributed by atoms with van der Waals surface area (Å²) in [6, 6.07) is 20.2. The van der Waals surface area contributed by atoms with Crippen molar-refractivity contribution in [1.82, 2.24) is 5.32 Å². The van der Waals surface area contributed by atoms with Gasteiger partial charge >= 0.3 is 0 Å². The van der Waals surface area contributed by atoms with Crippen molar-refractivity contribution in [2.45, 2.75) is 19.4 Å². The van der Waals surface area contributed by atoms with E-state index in [1.165, 1.54) is 12.1 Å². The Morgan fingerprint density at radius 2 is 1.69 bits per heavy atom. The minimum absolute atomic E-state index is 0.167. The van der Waals surface area contributed by atoms with Crippen LogP contribution in [0.15, 0.2) is 72.8 Å². The summed E-state index contributed by atoms with van der Waals surface area (Å²) in [5, 5.41) is 5.89. The van der Waals surface area contributed by atoms with Gasteiger partial charge in [-0.3, -0.25) is 9.59 Å². The summed E-state index contributed by atoms with van der Waals surface area (Å²) < 4.78 is 13.9. The lowest BCUT2D eigenvalue weighted by Gasteiger charge is -2.16. The number of para-hydroxylation sites is 1. The number of carbonyl (C=O) groups excluding carboxylic acids is 2. The first-order chi connectivity index (χ1) is 13.9. The third kappa shape index (κ3) is 5.42. The molecule has 1 atom stereocenters. The molecule has 0 aliphatic heterocycles. The van der Waals surface area contributed by atoms with Gasteiger partial charge in [0.05, 0.1) is 23.7 Å². The molecule has 0 heterocycles. The molecule has 3 aromatic carbocycles. The first-order valence-corrected chi connectivity index (χ1v) is 9.50. The van der Waals surface area contributed by atoms with Crippen LogP contribution < -0.4 is 10.6 Å². The highest BCUT2D eigenvalue weighted by Gasteiger charge is 2.17. The number of carbonyl (C=O) groups is 2. The van der Waals surface area contributed by atoms with E-state index in [4.69, 9.17) is 11.6 Å². The van der Waals surface area contributed by atoms with Gasteiger partial charge in [0.1, 0.15) is 5.82 Å². The monoisotopic (exact) mass is 410 g/mol. The van der Waals surface area contributed by atoms with Gasteiger partial charge in [0.25, 0.3) is 5.91 Å². The van der Waals surface area contributed by atoms with E-state index in [1.54, 1.807) is 24.3 Å². The number of amides is 2. The van der Waals surface area contributed by atoms with E-state index in [0.717, 1.165) is 11.6 Å². The summed E-state index contributed by atoms with van der Waals surface area (Å²) >= 11 is 5.74. The second-order valence-electron chi connectivity index (χ2n) is 6.61. The largest absolute Gasteiger partial charge is 0.345 e. The average molecular weight is 411 g/mol. The Morgan fingerprint density at radius 1 is 1.00 bits per heavy atom. The molecule has 0 bridgehead atoms. The Bertz CT molecular complexity index is 1020. The van der Waals surface area contributed by atoms with Crippen LogP contribution in [-0.2, 0) is 11.2 Å². The summed E-state index contributed by atoms with van der Waals surface area (Å²) in [5.41, 5.74) is 1.90. The van der Waals surface area contributed by atoms with Gasteiger partial charge in [-0.25, -0.2) is 4.39 Å². The summed E-state index contributed by atoms with van der Waals surface area (Å²) in [7, 11) is 0. The number of hydrogen-bond acceptors (Lipinski definition) is 2. The smallest absolute Gasteiger partial charge is 0.253 e. The van der Waals surface area contributed by atoms with Crippen molar-refractivity contribution in [3.8, 4) is 0 Å². The fraction of sp³-hybridized carbons (Fsp3) is 0.130. The Kier molecular flexibility index (Phi) is 6.62. The maximum atomic E-state index is 13.9. The van der Waals surface area contributed by atoms with Gasteiger partial charge in [0.15, 0.2) is 0 Å². The highest BCUT2D eigenvalue weighted by atomic mass is 35.5. The van der Waals surface area contributed by atoms with Crippen LogP contribution in [0.25, 0.3) is 0 Å². The van der Waals surface area contributed by atoms with Gasteiger partial charge in [-0.15, -0.1) is 0 Å². The van der Waals surface area contributed by atoms with E-state index < -0.39 is 11.7 Å². The van der Waals surface area contributed by atoms with Crippen LogP contribution in [0.2, 0.25) is 5.02 Å². The average Bonchev–Trinajstić information content (AvgIpc) is 2.71. The molecule has 0 unspecified atom stereocenters. The zero-order valence-corrected chi connectivity index (χ0v) is 16.5. The third-order valence-electron chi connectivity index (χ3n) is 4.46. The van der Waals surface area contributed by atoms with E-state index in [2.05, 4.69) is 10.6 Å². The molecule has 0 saturated heterocycles. The van der Waals surface area contributed by atoms with Crippen LogP contribution in [0.1, 0.15) is 34.5 Å². The van der Waals surface area contributed by atoms with Gasteiger partial charge in [0, 0.05) is 5.02 Å². The van der Waals surface area contributed by atoms with Crippen molar-refractivity contribution in [1.29, 1.82) is 0 Å². The second kappa shape index (κ2) is 9.34. The molecule has 0 saturated carbocycles. The molecule has 2 N–H and O–H groups in total. The molecule has 4 nitrogen and oxygen atoms in total. The molecule has 29 heavy (non-hydrogen) atoms. The lowest BCUT2D eigenvalue weighted by atomic mass is 10.1. The Balaban J connectivity index is 1.71. The number of benzene rings is 3. The molecule has 0 aliphatic rings. The Labute approximate surface area is 173 Å². The van der Waals surface area contributed by atoms with Crippen LogP contribution >= 0.6 is 11.6 Å². The SMILES string of the molecule is C[C@@H](NC(=O)c1ccccc1NC(=O)Cc1ccc(Cl)cc1F)c1ccccc1. The van der Waals surface area contributed by atoms with Gasteiger partial charge in [-0.2, -0.15) is 0 Å². The number of halogens is 2. The van der Waals surface area contributed by atoms with Gasteiger partial charge < -0.3 is 10.6 Å². The summed E-state index contributed by atoms with van der Waals surface area (Å²) in [6.45, 7) is 1.89. The topological polar surface area (TPSA) is 58.2 Å². The molecule has 0 radical (unpaired) electrons. The Morgan fingerprint density at radius 3 is 2.41 bits per heavy atom. The van der Waals surface area contributed by atoms with Crippen molar-refractivity contribution < 1.29 is 14.0 Å². The first-order valence-electron chi connectivity index (χ1n) is 9.12. The normalized spacial score (nSPS) is 11.6. The molecule has 3 aromatic rings. The summed E-state index contributed by atoms with van der Waals surface area (Å²) in [4.78, 5) is 25.1. The van der Waals surface area contributed by atoms with Crippen molar-refractivity contribution in [2.24, 2.45) is 0 Å². The lowest BCUT2D eigenvalue weighted by Crippen LogP contribution is -2.28. The van der Waals surface area contributed by atoms with E-state index in [9.17, 15) is 14.0 Å². The van der Waals surface area contributed by atoms with Crippen LogP contribution in [0.4, 0.5) is 10.1 Å². The van der Waals surface area contributed by atoms with Crippen LogP contribution in [0.3, 0.4) is 0 Å². The fourth-order valence-electron chi connectivity index (χ4n) is 2.92. The molecule has 6 heteroatoms. The minimum Gasteiger partial charge on any atom is -0.345 e. The fourth-order valence-corrected chi connectivity index (χ4v) is 3.08. The molecule has 0 aromatic heterocycles. The maximum Gasteiger partial charge on any atom is 0.253 e. The quantitative estimate of drug-likeness (QED) is 0.590. The van der Waals surface area contributed by atoms with Crippen LogP contribution in [-0.4, -0.2) is 11.8 Å². The minimum atomic E-state index is -0.546. The lowest BCUT2D eigenvalue weighted by molar-refractivity contribution is -0.115. The van der Waals surface area contributed by atoms with E-state index >= 15 is 0 Å². The summed E-state index contributed by atoms with van der Waals surface area (Å²) in [6.07, 6.45) is -0.167. The molecule has 3 rings (SSSR count). The molecule has 0 aliphatic carbocycles. The van der Waals surface area contributed by atoms with Crippen LogP contribution in [0, 0.1) is 5.82 Å². The number of hydrogen-bond donors (Lipinski definition) is 2. The van der Waals surface area contributed by atoms with Gasteiger partial charge in [-0.1, -0.05) is 60.1 Å². The molecule has 0 fully saturated rings. The summed E-state index contributed by atoms with van der Waals surface area (Å²) in [5.74, 6) is -1.28. The molecule has 0 spiro atoms. The predicted molar refractivity (Wildman–Crippen MR) is 113 cm³/mol. The highest BCUT2D eigenvalue weighted by molar-refractivity contribution is 6.30. The van der Waals surface area contributed by atoms with E-state index in [1.807, 2.05) is 37.3 Å². The highest BCUT2D eigenvalue weighted by Crippen LogP contribution is 2.19.